The molecular formula is C25H27N5O2. The fourth-order valence-electron chi connectivity index (χ4n) is 4.53. The quantitative estimate of drug-likeness (QED) is 0.444. The second-order valence-corrected chi connectivity index (χ2v) is 8.55. The topological polar surface area (TPSA) is 79.6 Å². The molecule has 2 aliphatic rings. The van der Waals surface area contributed by atoms with E-state index < -0.39 is 0 Å². The van der Waals surface area contributed by atoms with E-state index >= 15 is 0 Å². The number of aromatic nitrogens is 3. The van der Waals surface area contributed by atoms with E-state index in [4.69, 9.17) is 5.10 Å². The van der Waals surface area contributed by atoms with Crippen LogP contribution in [0.1, 0.15) is 65.4 Å². The van der Waals surface area contributed by atoms with Crippen LogP contribution in [-0.4, -0.2) is 44.4 Å². The van der Waals surface area contributed by atoms with Crippen molar-refractivity contribution in [3.05, 3.63) is 65.5 Å². The molecule has 7 nitrogen and oxygen atoms in total. The van der Waals surface area contributed by atoms with Crippen molar-refractivity contribution in [3.8, 4) is 0 Å². The lowest BCUT2D eigenvalue weighted by Gasteiger charge is -2.25. The molecule has 1 atom stereocenters. The van der Waals surface area contributed by atoms with Gasteiger partial charge >= 0.3 is 0 Å². The Hall–Kier alpha value is -3.48. The van der Waals surface area contributed by atoms with Crippen LogP contribution in [0.4, 0.5) is 5.82 Å². The number of unbranched alkanes of at least 4 members (excludes halogenated alkanes) is 1. The summed E-state index contributed by atoms with van der Waals surface area (Å²) in [5.41, 5.74) is 4.09. The smallest absolute Gasteiger partial charge is 0.261 e. The number of allylic oxidation sites excluding steroid dienone is 2. The second-order valence-electron chi connectivity index (χ2n) is 8.55. The first-order chi connectivity index (χ1) is 15.7. The Morgan fingerprint density at radius 1 is 1.09 bits per heavy atom. The fourth-order valence-corrected chi connectivity index (χ4v) is 4.53. The molecule has 0 radical (unpaired) electrons. The number of fused-ring (bicyclic) bond motifs is 2. The molecule has 1 unspecified atom stereocenters. The van der Waals surface area contributed by atoms with E-state index in [9.17, 15) is 9.59 Å². The highest BCUT2D eigenvalue weighted by molar-refractivity contribution is 6.21. The van der Waals surface area contributed by atoms with Gasteiger partial charge in [0, 0.05) is 13.1 Å². The number of carbonyl (C=O) groups is 2. The van der Waals surface area contributed by atoms with Gasteiger partial charge in [-0.15, -0.1) is 5.10 Å². The average Bonchev–Trinajstić information content (AvgIpc) is 3.35. The summed E-state index contributed by atoms with van der Waals surface area (Å²) in [7, 11) is 0. The predicted octanol–water partition coefficient (Wildman–Crippen LogP) is 4.42. The van der Waals surface area contributed by atoms with Crippen molar-refractivity contribution in [2.24, 2.45) is 5.92 Å². The van der Waals surface area contributed by atoms with Crippen LogP contribution >= 0.6 is 0 Å². The van der Waals surface area contributed by atoms with Crippen LogP contribution < -0.4 is 5.32 Å². The van der Waals surface area contributed by atoms with Gasteiger partial charge in [-0.3, -0.25) is 14.5 Å². The van der Waals surface area contributed by atoms with Gasteiger partial charge in [0.2, 0.25) is 0 Å². The Labute approximate surface area is 187 Å². The number of imidazole rings is 1. The van der Waals surface area contributed by atoms with E-state index in [1.807, 2.05) is 22.8 Å². The molecule has 32 heavy (non-hydrogen) atoms. The zero-order valence-corrected chi connectivity index (χ0v) is 18.3. The molecule has 5 rings (SSSR count). The third-order valence-corrected chi connectivity index (χ3v) is 6.37. The summed E-state index contributed by atoms with van der Waals surface area (Å²) in [4.78, 5) is 31.3. The first kappa shape index (κ1) is 20.4. The Bertz CT molecular complexity index is 1180. The minimum Gasteiger partial charge on any atom is -0.369 e. The van der Waals surface area contributed by atoms with Crippen molar-refractivity contribution < 1.29 is 9.59 Å². The number of nitrogens with zero attached hydrogens (tertiary/aromatic N) is 4. The van der Waals surface area contributed by atoms with Gasteiger partial charge in [0.25, 0.3) is 11.8 Å². The highest BCUT2D eigenvalue weighted by Crippen LogP contribution is 2.32. The van der Waals surface area contributed by atoms with E-state index in [1.54, 1.807) is 24.3 Å². The third-order valence-electron chi connectivity index (χ3n) is 6.37. The zero-order valence-electron chi connectivity index (χ0n) is 18.3. The number of carbonyl (C=O) groups excluding carboxylic acids is 2. The molecule has 1 aliphatic heterocycles. The van der Waals surface area contributed by atoms with Crippen molar-refractivity contribution >= 4 is 28.9 Å². The van der Waals surface area contributed by atoms with Gasteiger partial charge < -0.3 is 5.32 Å². The van der Waals surface area contributed by atoms with Gasteiger partial charge in [-0.25, -0.2) is 9.50 Å². The lowest BCUT2D eigenvalue weighted by atomic mass is 9.88. The third kappa shape index (κ3) is 3.68. The van der Waals surface area contributed by atoms with Gasteiger partial charge in [0.05, 0.1) is 23.0 Å². The summed E-state index contributed by atoms with van der Waals surface area (Å²) in [6.45, 7) is 3.54. The molecule has 0 saturated carbocycles. The van der Waals surface area contributed by atoms with Crippen molar-refractivity contribution in [1.29, 1.82) is 0 Å². The van der Waals surface area contributed by atoms with Crippen LogP contribution in [0, 0.1) is 5.92 Å². The normalized spacial score (nSPS) is 18.2. The fraction of sp³-hybridized carbons (Fsp3) is 0.360. The summed E-state index contributed by atoms with van der Waals surface area (Å²) in [6, 6.07) is 11.0. The monoisotopic (exact) mass is 429 g/mol. The number of rotatable bonds is 7. The maximum absolute atomic E-state index is 12.7. The van der Waals surface area contributed by atoms with Crippen LogP contribution in [0.5, 0.6) is 0 Å². The summed E-state index contributed by atoms with van der Waals surface area (Å²) >= 11 is 0. The SMILES string of the molecule is CCCCNc1ccc2ncc(C3=CCC(CN4C(=O)c5ccccc5C4=O)CC3)n2n1. The van der Waals surface area contributed by atoms with Gasteiger partial charge in [-0.05, 0) is 61.4 Å². The highest BCUT2D eigenvalue weighted by Gasteiger charge is 2.36. The number of anilines is 1. The van der Waals surface area contributed by atoms with E-state index in [0.29, 0.717) is 17.7 Å². The Balaban J connectivity index is 1.29. The maximum atomic E-state index is 12.7. The van der Waals surface area contributed by atoms with Gasteiger partial charge in [-0.1, -0.05) is 31.6 Å². The Kier molecular flexibility index (Phi) is 5.47. The molecular weight excluding hydrogens is 402 g/mol. The molecule has 2 amide bonds. The van der Waals surface area contributed by atoms with Crippen molar-refractivity contribution in [2.75, 3.05) is 18.4 Å². The second kappa shape index (κ2) is 8.57. The molecule has 1 aliphatic carbocycles. The molecule has 2 aromatic heterocycles. The molecule has 164 valence electrons. The summed E-state index contributed by atoms with van der Waals surface area (Å²) in [5.74, 6) is 0.772. The minimum absolute atomic E-state index is 0.172. The van der Waals surface area contributed by atoms with Crippen LogP contribution in [-0.2, 0) is 0 Å². The van der Waals surface area contributed by atoms with Crippen molar-refractivity contribution in [1.82, 2.24) is 19.5 Å². The first-order valence-corrected chi connectivity index (χ1v) is 11.4. The molecule has 7 heteroatoms. The zero-order chi connectivity index (χ0) is 22.1. The molecule has 1 aromatic carbocycles. The molecule has 0 fully saturated rings. The van der Waals surface area contributed by atoms with E-state index in [2.05, 4.69) is 23.3 Å². The lowest BCUT2D eigenvalue weighted by Crippen LogP contribution is -2.35. The van der Waals surface area contributed by atoms with Crippen molar-refractivity contribution in [3.63, 3.8) is 0 Å². The number of hydrogen-bond acceptors (Lipinski definition) is 5. The number of imide groups is 1. The predicted molar refractivity (Wildman–Crippen MR) is 124 cm³/mol. The molecule has 1 N–H and O–H groups in total. The molecule has 3 heterocycles. The van der Waals surface area contributed by atoms with E-state index in [-0.39, 0.29) is 17.7 Å². The highest BCUT2D eigenvalue weighted by atomic mass is 16.2. The average molecular weight is 430 g/mol. The number of nitrogens with one attached hydrogen (secondary N) is 1. The summed E-state index contributed by atoms with van der Waals surface area (Å²) in [5, 5.41) is 8.10. The van der Waals surface area contributed by atoms with Crippen LogP contribution in [0.2, 0.25) is 0 Å². The minimum atomic E-state index is -0.172. The van der Waals surface area contributed by atoms with E-state index in [0.717, 1.165) is 55.8 Å². The number of amides is 2. The first-order valence-electron chi connectivity index (χ1n) is 11.4. The van der Waals surface area contributed by atoms with Crippen LogP contribution in [0.25, 0.3) is 11.2 Å². The maximum Gasteiger partial charge on any atom is 0.261 e. The Morgan fingerprint density at radius 3 is 2.56 bits per heavy atom. The molecule has 0 saturated heterocycles. The Morgan fingerprint density at radius 2 is 1.88 bits per heavy atom. The van der Waals surface area contributed by atoms with Crippen LogP contribution in [0.15, 0.2) is 48.7 Å². The largest absolute Gasteiger partial charge is 0.369 e. The molecule has 3 aromatic rings. The molecule has 0 bridgehead atoms. The van der Waals surface area contributed by atoms with Crippen molar-refractivity contribution in [2.45, 2.75) is 39.0 Å². The number of hydrogen-bond donors (Lipinski definition) is 1. The van der Waals surface area contributed by atoms with E-state index in [1.165, 1.54) is 10.5 Å². The van der Waals surface area contributed by atoms with Gasteiger partial charge in [-0.2, -0.15) is 0 Å². The standard InChI is InChI=1S/C25H27N5O2/c1-2-3-14-26-22-12-13-23-27-15-21(30(23)28-22)18-10-8-17(9-11-18)16-29-24(31)19-6-4-5-7-20(19)25(29)32/h4-7,10,12-13,15,17H,2-3,8-9,11,14,16H2,1H3,(H,26,28). The summed E-state index contributed by atoms with van der Waals surface area (Å²) < 4.78 is 1.91. The lowest BCUT2D eigenvalue weighted by molar-refractivity contribution is 0.0626. The molecule has 0 spiro atoms. The van der Waals surface area contributed by atoms with Crippen LogP contribution in [0.3, 0.4) is 0 Å². The van der Waals surface area contributed by atoms with Gasteiger partial charge in [0.15, 0.2) is 5.65 Å². The van der Waals surface area contributed by atoms with Gasteiger partial charge in [0.1, 0.15) is 5.82 Å². The summed E-state index contributed by atoms with van der Waals surface area (Å²) in [6.07, 6.45) is 8.96. The number of benzene rings is 1.